The third-order valence-corrected chi connectivity index (χ3v) is 3.70. The van der Waals surface area contributed by atoms with Crippen molar-refractivity contribution >= 4 is 5.69 Å². The summed E-state index contributed by atoms with van der Waals surface area (Å²) in [7, 11) is 2.00. The van der Waals surface area contributed by atoms with Gasteiger partial charge in [0.25, 0.3) is 0 Å². The molecule has 18 heavy (non-hydrogen) atoms. The quantitative estimate of drug-likeness (QED) is 0.890. The Labute approximate surface area is 110 Å². The molecule has 4 nitrogen and oxygen atoms in total. The second-order valence-corrected chi connectivity index (χ2v) is 6.01. The van der Waals surface area contributed by atoms with Crippen LogP contribution in [0.2, 0.25) is 0 Å². The first-order chi connectivity index (χ1) is 8.47. The lowest BCUT2D eigenvalue weighted by atomic mass is 10.00. The van der Waals surface area contributed by atoms with Gasteiger partial charge in [-0.15, -0.1) is 0 Å². The van der Waals surface area contributed by atoms with Crippen LogP contribution < -0.4 is 10.2 Å². The summed E-state index contributed by atoms with van der Waals surface area (Å²) in [5, 5.41) is 8.12. The molecule has 0 saturated carbocycles. The second-order valence-electron chi connectivity index (χ2n) is 6.01. The van der Waals surface area contributed by atoms with Crippen LogP contribution in [-0.2, 0) is 7.05 Å². The van der Waals surface area contributed by atoms with Gasteiger partial charge in [-0.2, -0.15) is 5.10 Å². The number of piperazine rings is 1. The molecule has 1 aromatic rings. The molecule has 1 N–H and O–H groups in total. The van der Waals surface area contributed by atoms with E-state index in [1.54, 1.807) is 0 Å². The molecule has 1 aliphatic rings. The molecule has 0 aliphatic carbocycles. The van der Waals surface area contributed by atoms with Gasteiger partial charge in [-0.25, -0.2) is 0 Å². The number of rotatable bonds is 3. The van der Waals surface area contributed by atoms with Crippen molar-refractivity contribution in [3.05, 3.63) is 11.9 Å². The first-order valence-corrected chi connectivity index (χ1v) is 6.97. The van der Waals surface area contributed by atoms with E-state index in [1.165, 1.54) is 12.1 Å². The number of hydrogen-bond acceptors (Lipinski definition) is 3. The van der Waals surface area contributed by atoms with Crippen LogP contribution >= 0.6 is 0 Å². The molecule has 0 bridgehead atoms. The maximum atomic E-state index is 4.46. The van der Waals surface area contributed by atoms with Crippen molar-refractivity contribution < 1.29 is 0 Å². The van der Waals surface area contributed by atoms with Crippen LogP contribution in [0.25, 0.3) is 0 Å². The average Bonchev–Trinajstić information content (AvgIpc) is 2.60. The minimum absolute atomic E-state index is 0.538. The van der Waals surface area contributed by atoms with Crippen LogP contribution in [0.3, 0.4) is 0 Å². The molecule has 2 heterocycles. The van der Waals surface area contributed by atoms with Gasteiger partial charge in [-0.05, 0) is 26.2 Å². The van der Waals surface area contributed by atoms with Crippen LogP contribution in [-0.4, -0.2) is 35.0 Å². The van der Waals surface area contributed by atoms with E-state index in [0.29, 0.717) is 12.1 Å². The number of hydrogen-bond donors (Lipinski definition) is 1. The highest BCUT2D eigenvalue weighted by Gasteiger charge is 2.27. The number of aryl methyl sites for hydroxylation is 2. The van der Waals surface area contributed by atoms with Gasteiger partial charge in [-0.3, -0.25) is 4.68 Å². The zero-order valence-corrected chi connectivity index (χ0v) is 12.3. The Morgan fingerprint density at radius 3 is 2.78 bits per heavy atom. The van der Waals surface area contributed by atoms with Crippen LogP contribution in [0, 0.1) is 12.8 Å². The van der Waals surface area contributed by atoms with Gasteiger partial charge in [0.1, 0.15) is 0 Å². The number of anilines is 1. The lowest BCUT2D eigenvalue weighted by molar-refractivity contribution is 0.355. The molecule has 2 unspecified atom stereocenters. The van der Waals surface area contributed by atoms with Crippen molar-refractivity contribution in [3.8, 4) is 0 Å². The van der Waals surface area contributed by atoms with Crippen molar-refractivity contribution in [2.75, 3.05) is 18.0 Å². The smallest absolute Gasteiger partial charge is 0.0827 e. The number of nitrogens with one attached hydrogen (secondary N) is 1. The first kappa shape index (κ1) is 13.4. The standard InChI is InChI=1S/C14H26N4/c1-10(2)6-13-8-18(11(3)7-15-13)14-9-17(5)16-12(14)4/h9-11,13,15H,6-8H2,1-5H3. The molecular weight excluding hydrogens is 224 g/mol. The third kappa shape index (κ3) is 2.86. The van der Waals surface area contributed by atoms with E-state index in [9.17, 15) is 0 Å². The minimum Gasteiger partial charge on any atom is -0.363 e. The van der Waals surface area contributed by atoms with Crippen LogP contribution in [0.15, 0.2) is 6.20 Å². The maximum absolute atomic E-state index is 4.46. The van der Waals surface area contributed by atoms with Crippen molar-refractivity contribution in [1.82, 2.24) is 15.1 Å². The number of aromatic nitrogens is 2. The van der Waals surface area contributed by atoms with Gasteiger partial charge in [0.05, 0.1) is 11.4 Å². The normalized spacial score (nSPS) is 24.9. The molecule has 1 fully saturated rings. The average molecular weight is 250 g/mol. The Morgan fingerprint density at radius 1 is 1.50 bits per heavy atom. The summed E-state index contributed by atoms with van der Waals surface area (Å²) in [6.45, 7) is 11.1. The molecule has 4 heteroatoms. The Balaban J connectivity index is 2.12. The molecule has 1 aliphatic heterocycles. The zero-order chi connectivity index (χ0) is 13.3. The lowest BCUT2D eigenvalue weighted by Crippen LogP contribution is -2.56. The molecule has 0 radical (unpaired) electrons. The predicted octanol–water partition coefficient (Wildman–Crippen LogP) is 1.94. The van der Waals surface area contributed by atoms with Crippen molar-refractivity contribution in [1.29, 1.82) is 0 Å². The zero-order valence-electron chi connectivity index (χ0n) is 12.3. The van der Waals surface area contributed by atoms with Gasteiger partial charge < -0.3 is 10.2 Å². The topological polar surface area (TPSA) is 33.1 Å². The van der Waals surface area contributed by atoms with Crippen molar-refractivity contribution in [2.45, 2.75) is 46.2 Å². The second kappa shape index (κ2) is 5.31. The molecule has 1 aromatic heterocycles. The first-order valence-electron chi connectivity index (χ1n) is 6.97. The minimum atomic E-state index is 0.538. The molecular formula is C14H26N4. The van der Waals surface area contributed by atoms with E-state index >= 15 is 0 Å². The third-order valence-electron chi connectivity index (χ3n) is 3.70. The molecule has 102 valence electrons. The molecule has 0 spiro atoms. The monoisotopic (exact) mass is 250 g/mol. The summed E-state index contributed by atoms with van der Waals surface area (Å²) < 4.78 is 1.91. The summed E-state index contributed by atoms with van der Waals surface area (Å²) in [5.41, 5.74) is 2.43. The molecule has 1 saturated heterocycles. The molecule has 0 amide bonds. The van der Waals surface area contributed by atoms with Crippen LogP contribution in [0.5, 0.6) is 0 Å². The van der Waals surface area contributed by atoms with Crippen molar-refractivity contribution in [3.63, 3.8) is 0 Å². The maximum Gasteiger partial charge on any atom is 0.0827 e. The number of nitrogens with zero attached hydrogens (tertiary/aromatic N) is 3. The van der Waals surface area contributed by atoms with E-state index in [0.717, 1.165) is 24.7 Å². The highest BCUT2D eigenvalue weighted by Crippen LogP contribution is 2.24. The van der Waals surface area contributed by atoms with Gasteiger partial charge in [0.15, 0.2) is 0 Å². The van der Waals surface area contributed by atoms with Gasteiger partial charge in [0, 0.05) is 38.4 Å². The van der Waals surface area contributed by atoms with E-state index in [2.05, 4.69) is 49.2 Å². The highest BCUT2D eigenvalue weighted by molar-refractivity contribution is 5.50. The molecule has 2 rings (SSSR count). The largest absolute Gasteiger partial charge is 0.363 e. The Morgan fingerprint density at radius 2 is 2.22 bits per heavy atom. The summed E-state index contributed by atoms with van der Waals surface area (Å²) >= 11 is 0. The Hall–Kier alpha value is -1.03. The van der Waals surface area contributed by atoms with E-state index < -0.39 is 0 Å². The lowest BCUT2D eigenvalue weighted by Gasteiger charge is -2.40. The van der Waals surface area contributed by atoms with Crippen molar-refractivity contribution in [2.24, 2.45) is 13.0 Å². The fourth-order valence-corrected chi connectivity index (χ4v) is 2.86. The van der Waals surface area contributed by atoms with E-state index in [4.69, 9.17) is 0 Å². The predicted molar refractivity (Wildman–Crippen MR) is 76.0 cm³/mol. The van der Waals surface area contributed by atoms with E-state index in [1.807, 2.05) is 11.7 Å². The Kier molecular flexibility index (Phi) is 3.95. The summed E-state index contributed by atoms with van der Waals surface area (Å²) in [4.78, 5) is 2.51. The SMILES string of the molecule is Cc1nn(C)cc1N1CC(CC(C)C)NCC1C. The summed E-state index contributed by atoms with van der Waals surface area (Å²) in [6.07, 6.45) is 3.38. The van der Waals surface area contributed by atoms with Crippen LogP contribution in [0.1, 0.15) is 32.9 Å². The van der Waals surface area contributed by atoms with Crippen LogP contribution in [0.4, 0.5) is 5.69 Å². The fourth-order valence-electron chi connectivity index (χ4n) is 2.86. The molecule has 2 atom stereocenters. The molecule has 0 aromatic carbocycles. The van der Waals surface area contributed by atoms with E-state index in [-0.39, 0.29) is 0 Å². The highest BCUT2D eigenvalue weighted by atomic mass is 15.3. The van der Waals surface area contributed by atoms with Gasteiger partial charge in [0.2, 0.25) is 0 Å². The summed E-state index contributed by atoms with van der Waals surface area (Å²) in [5.74, 6) is 0.743. The van der Waals surface area contributed by atoms with Gasteiger partial charge >= 0.3 is 0 Å². The van der Waals surface area contributed by atoms with Gasteiger partial charge in [-0.1, -0.05) is 13.8 Å². The summed E-state index contributed by atoms with van der Waals surface area (Å²) in [6, 6.07) is 1.14. The fraction of sp³-hybridized carbons (Fsp3) is 0.786. The Bertz CT molecular complexity index is 396.